The third-order valence-corrected chi connectivity index (χ3v) is 2.95. The van der Waals surface area contributed by atoms with Crippen LogP contribution >= 0.6 is 0 Å². The van der Waals surface area contributed by atoms with Gasteiger partial charge in [-0.1, -0.05) is 36.4 Å². The summed E-state index contributed by atoms with van der Waals surface area (Å²) in [5, 5.41) is 1.04. The smallest absolute Gasteiger partial charge is 0.401 e. The molecule has 18 heavy (non-hydrogen) atoms. The van der Waals surface area contributed by atoms with Gasteiger partial charge in [0.25, 0.3) is 0 Å². The van der Waals surface area contributed by atoms with Crippen LogP contribution in [0.5, 0.6) is 5.75 Å². The molecule has 0 aliphatic rings. The Bertz CT molecular complexity index is 675. The summed E-state index contributed by atoms with van der Waals surface area (Å²) in [6, 6.07) is 18.2. The van der Waals surface area contributed by atoms with Gasteiger partial charge in [0.05, 0.1) is 18.1 Å². The number of ether oxygens (including phenoxy) is 1. The zero-order chi connectivity index (χ0) is 12.4. The third-order valence-electron chi connectivity index (χ3n) is 2.95. The van der Waals surface area contributed by atoms with Crippen molar-refractivity contribution in [3.63, 3.8) is 0 Å². The molecule has 2 nitrogen and oxygen atoms in total. The van der Waals surface area contributed by atoms with Gasteiger partial charge in [-0.3, -0.25) is 0 Å². The molecule has 0 bridgehead atoms. The Kier molecular flexibility index (Phi) is 2.69. The van der Waals surface area contributed by atoms with Crippen LogP contribution in [0.15, 0.2) is 65.3 Å². The van der Waals surface area contributed by atoms with Crippen LogP contribution in [-0.4, -0.2) is 7.11 Å². The van der Waals surface area contributed by atoms with Crippen LogP contribution in [0.2, 0.25) is 0 Å². The zero-order valence-electron chi connectivity index (χ0n) is 10.1. The van der Waals surface area contributed by atoms with Crippen LogP contribution in [0.3, 0.4) is 0 Å². The molecule has 0 unspecified atom stereocenters. The molecular weight excluding hydrogens is 224 g/mol. The summed E-state index contributed by atoms with van der Waals surface area (Å²) in [6.07, 6.45) is 1.76. The van der Waals surface area contributed by atoms with Crippen molar-refractivity contribution in [3.05, 3.63) is 60.9 Å². The van der Waals surface area contributed by atoms with Gasteiger partial charge in [-0.2, -0.15) is 0 Å². The summed E-state index contributed by atoms with van der Waals surface area (Å²) in [4.78, 5) is 0. The van der Waals surface area contributed by atoms with E-state index in [2.05, 4.69) is 18.2 Å². The van der Waals surface area contributed by atoms with Crippen molar-refractivity contribution < 1.29 is 9.15 Å². The highest BCUT2D eigenvalue weighted by atomic mass is 16.5. The first-order valence-electron chi connectivity index (χ1n) is 5.82. The SMILES string of the molecule is COc1cccc2cc(-c3ccccc3)c[o+]c12. The highest BCUT2D eigenvalue weighted by molar-refractivity contribution is 5.86. The van der Waals surface area contributed by atoms with Gasteiger partial charge in [0.1, 0.15) is 0 Å². The van der Waals surface area contributed by atoms with Crippen molar-refractivity contribution in [2.75, 3.05) is 7.11 Å². The number of rotatable bonds is 2. The zero-order valence-corrected chi connectivity index (χ0v) is 10.1. The Morgan fingerprint density at radius 2 is 1.72 bits per heavy atom. The van der Waals surface area contributed by atoms with E-state index in [0.29, 0.717) is 0 Å². The van der Waals surface area contributed by atoms with Gasteiger partial charge in [-0.15, -0.1) is 0 Å². The quantitative estimate of drug-likeness (QED) is 0.616. The maximum absolute atomic E-state index is 5.69. The van der Waals surface area contributed by atoms with E-state index in [1.54, 1.807) is 13.4 Å². The van der Waals surface area contributed by atoms with E-state index in [0.717, 1.165) is 27.8 Å². The predicted octanol–water partition coefficient (Wildman–Crippen LogP) is 4.39. The van der Waals surface area contributed by atoms with Gasteiger partial charge in [0, 0.05) is 0 Å². The molecule has 0 amide bonds. The second-order valence-corrected chi connectivity index (χ2v) is 4.08. The molecular formula is C16H13O2+. The summed E-state index contributed by atoms with van der Waals surface area (Å²) in [7, 11) is 1.65. The molecule has 88 valence electrons. The Morgan fingerprint density at radius 1 is 0.889 bits per heavy atom. The van der Waals surface area contributed by atoms with E-state index in [-0.39, 0.29) is 0 Å². The molecule has 0 fully saturated rings. The van der Waals surface area contributed by atoms with Gasteiger partial charge in [-0.25, -0.2) is 4.42 Å². The number of methoxy groups -OCH3 is 1. The summed E-state index contributed by atoms with van der Waals surface area (Å²) in [5.41, 5.74) is 2.99. The van der Waals surface area contributed by atoms with Gasteiger partial charge in [0.2, 0.25) is 5.75 Å². The van der Waals surface area contributed by atoms with Crippen LogP contribution < -0.4 is 4.74 Å². The predicted molar refractivity (Wildman–Crippen MR) is 72.6 cm³/mol. The topological polar surface area (TPSA) is 20.5 Å². The Hall–Kier alpha value is -2.35. The molecule has 0 N–H and O–H groups in total. The molecule has 0 atom stereocenters. The molecule has 1 heterocycles. The molecule has 0 aliphatic heterocycles. The van der Waals surface area contributed by atoms with Crippen LogP contribution in [0.4, 0.5) is 0 Å². The van der Waals surface area contributed by atoms with Gasteiger partial charge in [0.15, 0.2) is 0 Å². The van der Waals surface area contributed by atoms with Crippen molar-refractivity contribution >= 4 is 11.0 Å². The standard InChI is InChI=1S/C16H13O2/c1-17-15-9-5-8-13-10-14(11-18-16(13)15)12-6-3-2-4-7-12/h2-11H,1H3/q+1. The van der Waals surface area contributed by atoms with E-state index in [9.17, 15) is 0 Å². The van der Waals surface area contributed by atoms with E-state index < -0.39 is 0 Å². The van der Waals surface area contributed by atoms with E-state index >= 15 is 0 Å². The van der Waals surface area contributed by atoms with Crippen LogP contribution in [0.1, 0.15) is 0 Å². The lowest BCUT2D eigenvalue weighted by Crippen LogP contribution is -1.85. The number of benzene rings is 2. The maximum Gasteiger partial charge on any atom is 0.401 e. The fraction of sp³-hybridized carbons (Fsp3) is 0.0625. The maximum atomic E-state index is 5.69. The lowest BCUT2D eigenvalue weighted by atomic mass is 10.1. The summed E-state index contributed by atoms with van der Waals surface area (Å²) >= 11 is 0. The first-order valence-corrected chi connectivity index (χ1v) is 5.82. The van der Waals surface area contributed by atoms with Gasteiger partial charge < -0.3 is 4.74 Å². The number of hydrogen-bond acceptors (Lipinski definition) is 1. The van der Waals surface area contributed by atoms with E-state index in [4.69, 9.17) is 9.15 Å². The van der Waals surface area contributed by atoms with Crippen molar-refractivity contribution in [2.24, 2.45) is 0 Å². The molecule has 3 aromatic rings. The minimum Gasteiger partial charge on any atom is -0.488 e. The molecule has 0 radical (unpaired) electrons. The first kappa shape index (κ1) is 10.8. The largest absolute Gasteiger partial charge is 0.488 e. The summed E-state index contributed by atoms with van der Waals surface area (Å²) in [5.74, 6) is 0.757. The second kappa shape index (κ2) is 4.49. The lowest BCUT2D eigenvalue weighted by Gasteiger charge is -1.99. The molecule has 2 aromatic carbocycles. The highest BCUT2D eigenvalue weighted by Gasteiger charge is 2.14. The third kappa shape index (κ3) is 1.82. The second-order valence-electron chi connectivity index (χ2n) is 4.08. The lowest BCUT2D eigenvalue weighted by molar-refractivity contribution is 0.409. The Labute approximate surface area is 105 Å². The van der Waals surface area contributed by atoms with Crippen molar-refractivity contribution in [1.29, 1.82) is 0 Å². The minimum atomic E-state index is 0.757. The van der Waals surface area contributed by atoms with Crippen LogP contribution in [0, 0.1) is 0 Å². The van der Waals surface area contributed by atoms with Crippen LogP contribution in [0.25, 0.3) is 22.1 Å². The summed E-state index contributed by atoms with van der Waals surface area (Å²) < 4.78 is 11.0. The Morgan fingerprint density at radius 3 is 2.50 bits per heavy atom. The average molecular weight is 237 g/mol. The van der Waals surface area contributed by atoms with Gasteiger partial charge >= 0.3 is 11.8 Å². The summed E-state index contributed by atoms with van der Waals surface area (Å²) in [6.45, 7) is 0. The van der Waals surface area contributed by atoms with Crippen molar-refractivity contribution in [1.82, 2.24) is 0 Å². The monoisotopic (exact) mass is 237 g/mol. The Balaban J connectivity index is 2.18. The molecule has 0 spiro atoms. The fourth-order valence-electron chi connectivity index (χ4n) is 2.04. The highest BCUT2D eigenvalue weighted by Crippen LogP contribution is 2.29. The molecule has 2 heteroatoms. The molecule has 0 aliphatic carbocycles. The van der Waals surface area contributed by atoms with Crippen LogP contribution in [-0.2, 0) is 0 Å². The van der Waals surface area contributed by atoms with Crippen molar-refractivity contribution in [3.8, 4) is 16.9 Å². The minimum absolute atomic E-state index is 0.757. The first-order chi connectivity index (χ1) is 8.88. The average Bonchev–Trinajstić information content (AvgIpc) is 2.47. The van der Waals surface area contributed by atoms with E-state index in [1.807, 2.05) is 36.4 Å². The molecule has 0 saturated carbocycles. The van der Waals surface area contributed by atoms with E-state index in [1.165, 1.54) is 0 Å². The number of para-hydroxylation sites is 1. The fourth-order valence-corrected chi connectivity index (χ4v) is 2.04. The molecule has 1 aromatic heterocycles. The number of hydrogen-bond donors (Lipinski definition) is 0. The van der Waals surface area contributed by atoms with Gasteiger partial charge in [-0.05, 0) is 23.8 Å². The normalized spacial score (nSPS) is 10.5. The molecule has 3 rings (SSSR count). The van der Waals surface area contributed by atoms with Crippen molar-refractivity contribution in [2.45, 2.75) is 0 Å². The molecule has 0 saturated heterocycles. The number of fused-ring (bicyclic) bond motifs is 1.